The van der Waals surface area contributed by atoms with Gasteiger partial charge in [0.15, 0.2) is 0 Å². The molecule has 4 N–H and O–H groups in total. The third-order valence-electron chi connectivity index (χ3n) is 4.39. The summed E-state index contributed by atoms with van der Waals surface area (Å²) in [5.41, 5.74) is 4.66. The van der Waals surface area contributed by atoms with E-state index in [1.54, 1.807) is 0 Å². The molecule has 5 nitrogen and oxygen atoms in total. The summed E-state index contributed by atoms with van der Waals surface area (Å²) in [4.78, 5) is 12.3. The maximum Gasteiger partial charge on any atom is 0.240 e. The van der Waals surface area contributed by atoms with E-state index >= 15 is 0 Å². The summed E-state index contributed by atoms with van der Waals surface area (Å²) in [6.45, 7) is 10.7. The zero-order valence-corrected chi connectivity index (χ0v) is 12.7. The average molecular weight is 272 g/mol. The van der Waals surface area contributed by atoms with Gasteiger partial charge in [-0.3, -0.25) is 4.79 Å². The van der Waals surface area contributed by atoms with Gasteiger partial charge in [-0.05, 0) is 6.92 Å². The minimum atomic E-state index is -0.891. The second-order valence-corrected chi connectivity index (χ2v) is 6.85. The second-order valence-electron chi connectivity index (χ2n) is 6.85. The molecule has 2 unspecified atom stereocenters. The quantitative estimate of drug-likeness (QED) is 0.663. The first-order chi connectivity index (χ1) is 8.60. The molecule has 0 bridgehead atoms. The zero-order chi connectivity index (χ0) is 14.9. The van der Waals surface area contributed by atoms with Gasteiger partial charge in [0.1, 0.15) is 5.54 Å². The van der Waals surface area contributed by atoms with Crippen molar-refractivity contribution in [2.45, 2.75) is 52.7 Å². The lowest BCUT2D eigenvalue weighted by molar-refractivity contribution is -0.171. The summed E-state index contributed by atoms with van der Waals surface area (Å²) >= 11 is 0. The summed E-state index contributed by atoms with van der Waals surface area (Å²) in [6.07, 6.45) is 0.568. The molecule has 19 heavy (non-hydrogen) atoms. The molecule has 2 atom stereocenters. The highest BCUT2D eigenvalue weighted by molar-refractivity contribution is 5.88. The van der Waals surface area contributed by atoms with Crippen LogP contribution >= 0.6 is 0 Å². The molecule has 0 heterocycles. The lowest BCUT2D eigenvalue weighted by Crippen LogP contribution is -2.76. The van der Waals surface area contributed by atoms with E-state index in [4.69, 9.17) is 10.5 Å². The summed E-state index contributed by atoms with van der Waals surface area (Å²) in [7, 11) is 0. The van der Waals surface area contributed by atoms with Crippen LogP contribution in [-0.4, -0.2) is 42.4 Å². The Labute approximate surface area is 115 Å². The van der Waals surface area contributed by atoms with E-state index in [0.29, 0.717) is 19.6 Å². The number of carbonyl (C=O) groups excluding carboxylic acids is 1. The number of nitrogens with one attached hydrogen (secondary N) is 1. The van der Waals surface area contributed by atoms with Gasteiger partial charge in [0.05, 0.1) is 6.10 Å². The molecule has 112 valence electrons. The molecule has 1 aliphatic carbocycles. The van der Waals surface area contributed by atoms with Crippen LogP contribution in [0.4, 0.5) is 0 Å². The molecule has 0 radical (unpaired) electrons. The minimum Gasteiger partial charge on any atom is -0.396 e. The number of nitrogens with two attached hydrogens (primary N) is 1. The number of amides is 1. The van der Waals surface area contributed by atoms with Crippen LogP contribution in [0.5, 0.6) is 0 Å². The lowest BCUT2D eigenvalue weighted by Gasteiger charge is -2.57. The van der Waals surface area contributed by atoms with Crippen LogP contribution in [0.1, 0.15) is 41.0 Å². The van der Waals surface area contributed by atoms with Gasteiger partial charge in [-0.1, -0.05) is 27.7 Å². The Morgan fingerprint density at radius 1 is 1.53 bits per heavy atom. The van der Waals surface area contributed by atoms with Gasteiger partial charge < -0.3 is 20.9 Å². The van der Waals surface area contributed by atoms with Crippen LogP contribution in [0.15, 0.2) is 0 Å². The highest BCUT2D eigenvalue weighted by atomic mass is 16.5. The Kier molecular flexibility index (Phi) is 4.65. The fourth-order valence-corrected chi connectivity index (χ4v) is 2.35. The fourth-order valence-electron chi connectivity index (χ4n) is 2.35. The topological polar surface area (TPSA) is 84.6 Å². The summed E-state index contributed by atoms with van der Waals surface area (Å²) < 4.78 is 5.61. The predicted octanol–water partition coefficient (Wildman–Crippen LogP) is 0.654. The standard InChI is InChI=1S/C14H28N2O3/c1-6-19-10-7-14(15,13(10,4)5)11(18)16-8-12(2,3)9-17/h10,17H,6-9,15H2,1-5H3,(H,16,18). The smallest absolute Gasteiger partial charge is 0.240 e. The van der Waals surface area contributed by atoms with Crippen molar-refractivity contribution >= 4 is 5.91 Å². The number of aliphatic hydroxyl groups excluding tert-OH is 1. The van der Waals surface area contributed by atoms with Crippen molar-refractivity contribution < 1.29 is 14.6 Å². The monoisotopic (exact) mass is 272 g/mol. The molecule has 0 spiro atoms. The molecule has 1 saturated carbocycles. The maximum atomic E-state index is 12.3. The molecule has 0 aromatic carbocycles. The van der Waals surface area contributed by atoms with E-state index in [1.165, 1.54) is 0 Å². The van der Waals surface area contributed by atoms with E-state index in [1.807, 2.05) is 34.6 Å². The highest BCUT2D eigenvalue weighted by Crippen LogP contribution is 2.49. The zero-order valence-electron chi connectivity index (χ0n) is 12.7. The number of ether oxygens (including phenoxy) is 1. The number of hydrogen-bond donors (Lipinski definition) is 3. The first-order valence-corrected chi connectivity index (χ1v) is 6.90. The van der Waals surface area contributed by atoms with Crippen LogP contribution < -0.4 is 11.1 Å². The van der Waals surface area contributed by atoms with Gasteiger partial charge in [-0.2, -0.15) is 0 Å². The number of carbonyl (C=O) groups is 1. The first-order valence-electron chi connectivity index (χ1n) is 6.90. The lowest BCUT2D eigenvalue weighted by atomic mass is 9.54. The van der Waals surface area contributed by atoms with Crippen molar-refractivity contribution in [2.24, 2.45) is 16.6 Å². The highest BCUT2D eigenvalue weighted by Gasteiger charge is 2.62. The van der Waals surface area contributed by atoms with Crippen LogP contribution in [0.25, 0.3) is 0 Å². The molecular formula is C14H28N2O3. The van der Waals surface area contributed by atoms with Crippen LogP contribution in [0.2, 0.25) is 0 Å². The predicted molar refractivity (Wildman–Crippen MR) is 74.6 cm³/mol. The normalized spacial score (nSPS) is 29.7. The fraction of sp³-hybridized carbons (Fsp3) is 0.929. The molecule has 0 aromatic heterocycles. The van der Waals surface area contributed by atoms with E-state index in [2.05, 4.69) is 5.32 Å². The van der Waals surface area contributed by atoms with Crippen LogP contribution in [0, 0.1) is 10.8 Å². The summed E-state index contributed by atoms with van der Waals surface area (Å²) in [6, 6.07) is 0. The first kappa shape index (κ1) is 16.4. The van der Waals surface area contributed by atoms with Crippen molar-refractivity contribution in [2.75, 3.05) is 19.8 Å². The Bertz CT molecular complexity index is 342. The van der Waals surface area contributed by atoms with E-state index in [-0.39, 0.29) is 29.4 Å². The largest absolute Gasteiger partial charge is 0.396 e. The van der Waals surface area contributed by atoms with Gasteiger partial charge in [-0.15, -0.1) is 0 Å². The third-order valence-corrected chi connectivity index (χ3v) is 4.39. The molecule has 0 saturated heterocycles. The Hall–Kier alpha value is -0.650. The Balaban J connectivity index is 2.63. The van der Waals surface area contributed by atoms with Gasteiger partial charge in [0, 0.05) is 37.0 Å². The molecule has 1 rings (SSSR count). The van der Waals surface area contributed by atoms with Crippen molar-refractivity contribution in [1.29, 1.82) is 0 Å². The van der Waals surface area contributed by atoms with Crippen molar-refractivity contribution in [3.63, 3.8) is 0 Å². The van der Waals surface area contributed by atoms with Crippen LogP contribution in [-0.2, 0) is 9.53 Å². The molecular weight excluding hydrogens is 244 g/mol. The molecule has 0 aromatic rings. The molecule has 1 fully saturated rings. The summed E-state index contributed by atoms with van der Waals surface area (Å²) in [5, 5.41) is 12.0. The molecule has 1 amide bonds. The van der Waals surface area contributed by atoms with E-state index < -0.39 is 5.54 Å². The SMILES string of the molecule is CCOC1CC(N)(C(=O)NCC(C)(C)CO)C1(C)C. The Morgan fingerprint density at radius 3 is 2.53 bits per heavy atom. The van der Waals surface area contributed by atoms with E-state index in [9.17, 15) is 9.90 Å². The molecule has 1 aliphatic rings. The second kappa shape index (κ2) is 5.38. The van der Waals surface area contributed by atoms with Crippen molar-refractivity contribution in [1.82, 2.24) is 5.32 Å². The van der Waals surface area contributed by atoms with Crippen molar-refractivity contribution in [3.8, 4) is 0 Å². The van der Waals surface area contributed by atoms with Gasteiger partial charge in [0.2, 0.25) is 5.91 Å². The molecule has 5 heteroatoms. The maximum absolute atomic E-state index is 12.3. The number of aliphatic hydroxyl groups is 1. The average Bonchev–Trinajstić information content (AvgIpc) is 2.35. The number of hydrogen-bond acceptors (Lipinski definition) is 4. The third kappa shape index (κ3) is 2.93. The number of rotatable bonds is 6. The minimum absolute atomic E-state index is 0.0236. The van der Waals surface area contributed by atoms with Gasteiger partial charge >= 0.3 is 0 Å². The Morgan fingerprint density at radius 2 is 2.11 bits per heavy atom. The van der Waals surface area contributed by atoms with Crippen molar-refractivity contribution in [3.05, 3.63) is 0 Å². The van der Waals surface area contributed by atoms with Gasteiger partial charge in [0.25, 0.3) is 0 Å². The molecule has 0 aliphatic heterocycles. The van der Waals surface area contributed by atoms with Crippen LogP contribution in [0.3, 0.4) is 0 Å². The summed E-state index contributed by atoms with van der Waals surface area (Å²) in [5.74, 6) is -0.157. The van der Waals surface area contributed by atoms with Gasteiger partial charge in [-0.25, -0.2) is 0 Å². The van der Waals surface area contributed by atoms with E-state index in [0.717, 1.165) is 0 Å².